The first-order valence-corrected chi connectivity index (χ1v) is 8.00. The molecule has 0 saturated heterocycles. The number of anilines is 2. The number of halogens is 1. The third-order valence-electron chi connectivity index (χ3n) is 3.54. The second-order valence-electron chi connectivity index (χ2n) is 5.73. The SMILES string of the molecule is CC(C)c1cc(Cl)nc(NC(=O)Nc2ccc3ccccc3c2)n1. The van der Waals surface area contributed by atoms with Crippen molar-refractivity contribution in [3.63, 3.8) is 0 Å². The number of hydrogen-bond donors (Lipinski definition) is 2. The summed E-state index contributed by atoms with van der Waals surface area (Å²) in [5, 5.41) is 7.86. The molecule has 0 aliphatic heterocycles. The van der Waals surface area contributed by atoms with E-state index in [4.69, 9.17) is 11.6 Å². The molecule has 0 unspecified atom stereocenters. The van der Waals surface area contributed by atoms with Crippen LogP contribution in [-0.2, 0) is 0 Å². The van der Waals surface area contributed by atoms with Crippen molar-refractivity contribution < 1.29 is 4.79 Å². The van der Waals surface area contributed by atoms with Crippen LogP contribution in [0.4, 0.5) is 16.4 Å². The molecule has 0 bridgehead atoms. The zero-order valence-corrected chi connectivity index (χ0v) is 14.1. The van der Waals surface area contributed by atoms with E-state index in [1.807, 2.05) is 56.3 Å². The average molecular weight is 341 g/mol. The second kappa shape index (κ2) is 6.84. The molecule has 1 aromatic heterocycles. The van der Waals surface area contributed by atoms with E-state index < -0.39 is 6.03 Å². The summed E-state index contributed by atoms with van der Waals surface area (Å²) in [6.45, 7) is 4.00. The fourth-order valence-electron chi connectivity index (χ4n) is 2.32. The monoisotopic (exact) mass is 340 g/mol. The fourth-order valence-corrected chi connectivity index (χ4v) is 2.51. The first kappa shape index (κ1) is 16.2. The Morgan fingerprint density at radius 2 is 1.75 bits per heavy atom. The van der Waals surface area contributed by atoms with E-state index >= 15 is 0 Å². The second-order valence-corrected chi connectivity index (χ2v) is 6.12. The Hall–Kier alpha value is -2.66. The molecule has 0 radical (unpaired) electrons. The van der Waals surface area contributed by atoms with Crippen molar-refractivity contribution in [2.24, 2.45) is 0 Å². The Kier molecular flexibility index (Phi) is 4.62. The smallest absolute Gasteiger partial charge is 0.308 e. The highest BCUT2D eigenvalue weighted by Gasteiger charge is 2.10. The number of nitrogens with zero attached hydrogens (tertiary/aromatic N) is 2. The summed E-state index contributed by atoms with van der Waals surface area (Å²) in [6, 6.07) is 14.9. The third-order valence-corrected chi connectivity index (χ3v) is 3.73. The highest BCUT2D eigenvalue weighted by atomic mass is 35.5. The molecule has 0 aliphatic carbocycles. The van der Waals surface area contributed by atoms with Crippen LogP contribution < -0.4 is 10.6 Å². The summed E-state index contributed by atoms with van der Waals surface area (Å²) in [6.07, 6.45) is 0. The van der Waals surface area contributed by atoms with Crippen LogP contribution in [0.15, 0.2) is 48.5 Å². The van der Waals surface area contributed by atoms with Crippen molar-refractivity contribution in [2.45, 2.75) is 19.8 Å². The van der Waals surface area contributed by atoms with Crippen LogP contribution in [0.3, 0.4) is 0 Å². The lowest BCUT2D eigenvalue weighted by Gasteiger charge is -2.10. The minimum atomic E-state index is -0.415. The molecular weight excluding hydrogens is 324 g/mol. The quantitative estimate of drug-likeness (QED) is 0.655. The fraction of sp³-hybridized carbons (Fsp3) is 0.167. The van der Waals surface area contributed by atoms with Gasteiger partial charge in [-0.2, -0.15) is 0 Å². The van der Waals surface area contributed by atoms with Gasteiger partial charge in [0.05, 0.1) is 5.69 Å². The summed E-state index contributed by atoms with van der Waals surface area (Å²) in [4.78, 5) is 20.5. The van der Waals surface area contributed by atoms with E-state index in [1.54, 1.807) is 6.07 Å². The van der Waals surface area contributed by atoms with Crippen molar-refractivity contribution in [3.8, 4) is 0 Å². The Balaban J connectivity index is 1.75. The number of nitrogens with one attached hydrogen (secondary N) is 2. The Morgan fingerprint density at radius 1 is 1.00 bits per heavy atom. The predicted molar refractivity (Wildman–Crippen MR) is 97.7 cm³/mol. The first-order valence-electron chi connectivity index (χ1n) is 7.62. The molecule has 3 aromatic rings. The summed E-state index contributed by atoms with van der Waals surface area (Å²) in [5.41, 5.74) is 1.47. The van der Waals surface area contributed by atoms with Gasteiger partial charge in [-0.15, -0.1) is 0 Å². The lowest BCUT2D eigenvalue weighted by molar-refractivity contribution is 0.262. The van der Waals surface area contributed by atoms with Crippen LogP contribution >= 0.6 is 11.6 Å². The van der Waals surface area contributed by atoms with Gasteiger partial charge in [-0.3, -0.25) is 5.32 Å². The standard InChI is InChI=1S/C18H17ClN4O/c1-11(2)15-10-16(19)22-17(21-15)23-18(24)20-14-8-7-12-5-3-4-6-13(12)9-14/h3-11H,1-2H3,(H2,20,21,22,23,24). The van der Waals surface area contributed by atoms with Crippen LogP contribution in [0.25, 0.3) is 10.8 Å². The molecule has 5 nitrogen and oxygen atoms in total. The van der Waals surface area contributed by atoms with Crippen LogP contribution in [0.2, 0.25) is 5.15 Å². The van der Waals surface area contributed by atoms with Gasteiger partial charge < -0.3 is 5.32 Å². The zero-order chi connectivity index (χ0) is 17.1. The van der Waals surface area contributed by atoms with Crippen molar-refractivity contribution in [2.75, 3.05) is 10.6 Å². The van der Waals surface area contributed by atoms with E-state index in [1.165, 1.54) is 0 Å². The number of benzene rings is 2. The summed E-state index contributed by atoms with van der Waals surface area (Å²) in [7, 11) is 0. The molecule has 24 heavy (non-hydrogen) atoms. The number of amides is 2. The highest BCUT2D eigenvalue weighted by Crippen LogP contribution is 2.20. The molecule has 2 aromatic carbocycles. The first-order chi connectivity index (χ1) is 11.5. The molecule has 0 spiro atoms. The summed E-state index contributed by atoms with van der Waals surface area (Å²) in [5.74, 6) is 0.374. The van der Waals surface area contributed by atoms with Gasteiger partial charge in [0.2, 0.25) is 5.95 Å². The lowest BCUT2D eigenvalue weighted by atomic mass is 10.1. The zero-order valence-electron chi connectivity index (χ0n) is 13.4. The van der Waals surface area contributed by atoms with Crippen LogP contribution in [-0.4, -0.2) is 16.0 Å². The number of aromatic nitrogens is 2. The molecule has 1 heterocycles. The molecule has 3 rings (SSSR count). The van der Waals surface area contributed by atoms with Gasteiger partial charge in [-0.1, -0.05) is 55.8 Å². The minimum absolute atomic E-state index is 0.185. The van der Waals surface area contributed by atoms with Gasteiger partial charge >= 0.3 is 6.03 Å². The molecule has 2 amide bonds. The van der Waals surface area contributed by atoms with E-state index in [-0.39, 0.29) is 11.9 Å². The van der Waals surface area contributed by atoms with Gasteiger partial charge in [0.1, 0.15) is 5.15 Å². The summed E-state index contributed by atoms with van der Waals surface area (Å²) < 4.78 is 0. The van der Waals surface area contributed by atoms with E-state index in [9.17, 15) is 4.79 Å². The van der Waals surface area contributed by atoms with E-state index in [0.29, 0.717) is 10.8 Å². The Bertz CT molecular complexity index is 895. The number of hydrogen-bond acceptors (Lipinski definition) is 3. The number of carbonyl (C=O) groups excluding carboxylic acids is 1. The maximum absolute atomic E-state index is 12.2. The molecule has 0 fully saturated rings. The van der Waals surface area contributed by atoms with Crippen LogP contribution in [0.5, 0.6) is 0 Å². The van der Waals surface area contributed by atoms with Gasteiger partial charge in [0, 0.05) is 5.69 Å². The predicted octanol–water partition coefficient (Wildman–Crippen LogP) is 5.05. The maximum atomic E-state index is 12.2. The van der Waals surface area contributed by atoms with Crippen molar-refractivity contribution in [3.05, 3.63) is 59.4 Å². The molecular formula is C18H17ClN4O. The van der Waals surface area contributed by atoms with Crippen LogP contribution in [0, 0.1) is 0 Å². The van der Waals surface area contributed by atoms with Crippen molar-refractivity contribution in [1.82, 2.24) is 9.97 Å². The van der Waals surface area contributed by atoms with Gasteiger partial charge in [0.25, 0.3) is 0 Å². The van der Waals surface area contributed by atoms with E-state index in [0.717, 1.165) is 16.5 Å². The minimum Gasteiger partial charge on any atom is -0.308 e. The summed E-state index contributed by atoms with van der Waals surface area (Å²) >= 11 is 5.98. The van der Waals surface area contributed by atoms with Gasteiger partial charge in [-0.05, 0) is 34.9 Å². The number of urea groups is 1. The largest absolute Gasteiger partial charge is 0.326 e. The van der Waals surface area contributed by atoms with Crippen molar-refractivity contribution in [1.29, 1.82) is 0 Å². The topological polar surface area (TPSA) is 66.9 Å². The molecule has 122 valence electrons. The lowest BCUT2D eigenvalue weighted by Crippen LogP contribution is -2.21. The van der Waals surface area contributed by atoms with Gasteiger partial charge in [-0.25, -0.2) is 14.8 Å². The van der Waals surface area contributed by atoms with Gasteiger partial charge in [0.15, 0.2) is 0 Å². The Morgan fingerprint density at radius 3 is 2.50 bits per heavy atom. The maximum Gasteiger partial charge on any atom is 0.326 e. The number of fused-ring (bicyclic) bond motifs is 1. The van der Waals surface area contributed by atoms with Crippen molar-refractivity contribution >= 4 is 40.0 Å². The molecule has 0 aliphatic rings. The molecule has 6 heteroatoms. The van der Waals surface area contributed by atoms with E-state index in [2.05, 4.69) is 20.6 Å². The van der Waals surface area contributed by atoms with Crippen LogP contribution in [0.1, 0.15) is 25.5 Å². The number of carbonyl (C=O) groups is 1. The molecule has 0 atom stereocenters. The average Bonchev–Trinajstić information content (AvgIpc) is 2.54. The Labute approximate surface area is 145 Å². The number of rotatable bonds is 3. The molecule has 2 N–H and O–H groups in total. The third kappa shape index (κ3) is 3.81. The molecule has 0 saturated carbocycles. The highest BCUT2D eigenvalue weighted by molar-refractivity contribution is 6.29. The normalized spacial score (nSPS) is 10.8.